The standard InChI is InChI=1S/C9H13N5S/c1-2-3-4-15-8-6-5-11-14-7(6)12-9(10)13-8/h5H,2-4H2,1H3,(H3,10,11,12,13,14). The van der Waals surface area contributed by atoms with Crippen molar-refractivity contribution in [3.05, 3.63) is 6.20 Å². The predicted molar refractivity (Wildman–Crippen MR) is 61.7 cm³/mol. The van der Waals surface area contributed by atoms with Crippen LogP contribution in [0, 0.1) is 0 Å². The Balaban J connectivity index is 2.27. The van der Waals surface area contributed by atoms with Gasteiger partial charge in [0.2, 0.25) is 5.95 Å². The van der Waals surface area contributed by atoms with E-state index in [0.29, 0.717) is 11.6 Å². The lowest BCUT2D eigenvalue weighted by Crippen LogP contribution is -1.96. The van der Waals surface area contributed by atoms with E-state index in [4.69, 9.17) is 5.73 Å². The molecule has 15 heavy (non-hydrogen) atoms. The number of anilines is 1. The number of hydrogen-bond acceptors (Lipinski definition) is 5. The highest BCUT2D eigenvalue weighted by molar-refractivity contribution is 7.99. The maximum atomic E-state index is 5.60. The largest absolute Gasteiger partial charge is 0.368 e. The number of thioether (sulfide) groups is 1. The van der Waals surface area contributed by atoms with Crippen LogP contribution in [-0.4, -0.2) is 25.9 Å². The van der Waals surface area contributed by atoms with Crippen LogP contribution in [0.2, 0.25) is 0 Å². The van der Waals surface area contributed by atoms with Crippen molar-refractivity contribution in [3.8, 4) is 0 Å². The quantitative estimate of drug-likeness (QED) is 0.469. The Kier molecular flexibility index (Phi) is 3.05. The van der Waals surface area contributed by atoms with E-state index in [0.717, 1.165) is 16.2 Å². The molecule has 80 valence electrons. The van der Waals surface area contributed by atoms with Gasteiger partial charge in [0.05, 0.1) is 11.6 Å². The molecule has 0 radical (unpaired) electrons. The number of nitrogens with zero attached hydrogens (tertiary/aromatic N) is 3. The molecule has 2 aromatic rings. The average Bonchev–Trinajstić information content (AvgIpc) is 2.65. The lowest BCUT2D eigenvalue weighted by atomic mass is 10.4. The Morgan fingerprint density at radius 1 is 1.47 bits per heavy atom. The first-order chi connectivity index (χ1) is 7.31. The number of nitrogen functional groups attached to an aromatic ring is 1. The highest BCUT2D eigenvalue weighted by Gasteiger charge is 2.07. The summed E-state index contributed by atoms with van der Waals surface area (Å²) in [6, 6.07) is 0. The van der Waals surface area contributed by atoms with Crippen LogP contribution in [0.25, 0.3) is 11.0 Å². The van der Waals surface area contributed by atoms with E-state index >= 15 is 0 Å². The van der Waals surface area contributed by atoms with Crippen molar-refractivity contribution in [2.45, 2.75) is 24.8 Å². The lowest BCUT2D eigenvalue weighted by Gasteiger charge is -2.01. The van der Waals surface area contributed by atoms with Crippen LogP contribution in [0.1, 0.15) is 19.8 Å². The second kappa shape index (κ2) is 4.48. The van der Waals surface area contributed by atoms with E-state index in [2.05, 4.69) is 27.1 Å². The normalized spacial score (nSPS) is 11.0. The van der Waals surface area contributed by atoms with Crippen molar-refractivity contribution in [2.75, 3.05) is 11.5 Å². The first-order valence-corrected chi connectivity index (χ1v) is 5.89. The zero-order valence-corrected chi connectivity index (χ0v) is 9.34. The van der Waals surface area contributed by atoms with Gasteiger partial charge in [0.15, 0.2) is 5.65 Å². The van der Waals surface area contributed by atoms with Crippen LogP contribution in [0.15, 0.2) is 11.2 Å². The first-order valence-electron chi connectivity index (χ1n) is 4.90. The van der Waals surface area contributed by atoms with Gasteiger partial charge in [-0.1, -0.05) is 13.3 Å². The molecule has 6 heteroatoms. The zero-order valence-electron chi connectivity index (χ0n) is 8.53. The maximum absolute atomic E-state index is 5.60. The molecule has 2 heterocycles. The predicted octanol–water partition coefficient (Wildman–Crippen LogP) is 1.83. The molecule has 5 nitrogen and oxygen atoms in total. The van der Waals surface area contributed by atoms with Gasteiger partial charge in [-0.15, -0.1) is 11.8 Å². The molecule has 0 bridgehead atoms. The second-order valence-corrected chi connectivity index (χ2v) is 4.30. The average molecular weight is 223 g/mol. The summed E-state index contributed by atoms with van der Waals surface area (Å²) in [5, 5.41) is 8.60. The summed E-state index contributed by atoms with van der Waals surface area (Å²) in [6.07, 6.45) is 4.10. The monoisotopic (exact) mass is 223 g/mol. The van der Waals surface area contributed by atoms with Crippen molar-refractivity contribution in [1.29, 1.82) is 0 Å². The van der Waals surface area contributed by atoms with E-state index in [1.807, 2.05) is 0 Å². The van der Waals surface area contributed by atoms with Crippen LogP contribution < -0.4 is 5.73 Å². The Morgan fingerprint density at radius 3 is 3.13 bits per heavy atom. The van der Waals surface area contributed by atoms with Gasteiger partial charge in [-0.05, 0) is 12.2 Å². The van der Waals surface area contributed by atoms with Crippen LogP contribution >= 0.6 is 11.8 Å². The molecule has 0 fully saturated rings. The number of H-pyrrole nitrogens is 1. The molecule has 0 spiro atoms. The van der Waals surface area contributed by atoms with Crippen molar-refractivity contribution in [2.24, 2.45) is 0 Å². The third-order valence-electron chi connectivity index (χ3n) is 2.03. The Morgan fingerprint density at radius 2 is 2.33 bits per heavy atom. The number of fused-ring (bicyclic) bond motifs is 1. The van der Waals surface area contributed by atoms with E-state index in [9.17, 15) is 0 Å². The van der Waals surface area contributed by atoms with E-state index in [1.165, 1.54) is 12.8 Å². The molecule has 0 amide bonds. The van der Waals surface area contributed by atoms with Gasteiger partial charge in [-0.25, -0.2) is 4.98 Å². The van der Waals surface area contributed by atoms with Gasteiger partial charge in [0.1, 0.15) is 5.03 Å². The van der Waals surface area contributed by atoms with Crippen LogP contribution in [-0.2, 0) is 0 Å². The number of aromatic amines is 1. The lowest BCUT2D eigenvalue weighted by molar-refractivity contribution is 0.895. The number of rotatable bonds is 4. The summed E-state index contributed by atoms with van der Waals surface area (Å²) in [5.74, 6) is 1.35. The Hall–Kier alpha value is -1.30. The number of unbranched alkanes of at least 4 members (excludes halogenated alkanes) is 1. The first kappa shape index (κ1) is 10.2. The van der Waals surface area contributed by atoms with Gasteiger partial charge >= 0.3 is 0 Å². The molecule has 0 aromatic carbocycles. The van der Waals surface area contributed by atoms with Crippen molar-refractivity contribution >= 4 is 28.7 Å². The summed E-state index contributed by atoms with van der Waals surface area (Å²) in [5.41, 5.74) is 6.31. The van der Waals surface area contributed by atoms with Gasteiger partial charge in [-0.2, -0.15) is 10.1 Å². The van der Waals surface area contributed by atoms with E-state index < -0.39 is 0 Å². The molecule has 0 atom stereocenters. The highest BCUT2D eigenvalue weighted by atomic mass is 32.2. The van der Waals surface area contributed by atoms with Gasteiger partial charge in [0, 0.05) is 0 Å². The minimum atomic E-state index is 0.297. The summed E-state index contributed by atoms with van der Waals surface area (Å²) in [7, 11) is 0. The molecular weight excluding hydrogens is 210 g/mol. The Labute approximate surface area is 91.9 Å². The molecule has 0 saturated carbocycles. The third kappa shape index (κ3) is 2.20. The van der Waals surface area contributed by atoms with Crippen molar-refractivity contribution in [3.63, 3.8) is 0 Å². The van der Waals surface area contributed by atoms with E-state index in [1.54, 1.807) is 18.0 Å². The summed E-state index contributed by atoms with van der Waals surface area (Å²) in [4.78, 5) is 8.27. The SMILES string of the molecule is CCCCSc1nc(N)nc2[nH]ncc12. The number of nitrogens with two attached hydrogens (primary N) is 1. The molecule has 0 aliphatic heterocycles. The molecule has 2 aromatic heterocycles. The zero-order chi connectivity index (χ0) is 10.7. The summed E-state index contributed by atoms with van der Waals surface area (Å²) < 4.78 is 0. The molecule has 0 saturated heterocycles. The fourth-order valence-electron chi connectivity index (χ4n) is 1.25. The van der Waals surface area contributed by atoms with Gasteiger partial charge < -0.3 is 5.73 Å². The summed E-state index contributed by atoms with van der Waals surface area (Å²) >= 11 is 1.70. The molecule has 0 aliphatic rings. The smallest absolute Gasteiger partial charge is 0.223 e. The van der Waals surface area contributed by atoms with Crippen LogP contribution in [0.5, 0.6) is 0 Å². The van der Waals surface area contributed by atoms with Gasteiger partial charge in [0.25, 0.3) is 0 Å². The fourth-order valence-corrected chi connectivity index (χ4v) is 2.34. The van der Waals surface area contributed by atoms with Crippen LogP contribution in [0.4, 0.5) is 5.95 Å². The highest BCUT2D eigenvalue weighted by Crippen LogP contribution is 2.25. The Bertz CT molecular complexity index is 453. The molecule has 2 rings (SSSR count). The van der Waals surface area contributed by atoms with Crippen molar-refractivity contribution in [1.82, 2.24) is 20.2 Å². The molecule has 0 aliphatic carbocycles. The maximum Gasteiger partial charge on any atom is 0.223 e. The van der Waals surface area contributed by atoms with E-state index in [-0.39, 0.29) is 0 Å². The minimum Gasteiger partial charge on any atom is -0.368 e. The van der Waals surface area contributed by atoms with Crippen molar-refractivity contribution < 1.29 is 0 Å². The number of aromatic nitrogens is 4. The second-order valence-electron chi connectivity index (χ2n) is 3.22. The minimum absolute atomic E-state index is 0.297. The molecular formula is C9H13N5S. The van der Waals surface area contributed by atoms with Gasteiger partial charge in [-0.3, -0.25) is 5.10 Å². The topological polar surface area (TPSA) is 80.5 Å². The third-order valence-corrected chi connectivity index (χ3v) is 3.11. The molecule has 0 unspecified atom stereocenters. The summed E-state index contributed by atoms with van der Waals surface area (Å²) in [6.45, 7) is 2.17. The fraction of sp³-hybridized carbons (Fsp3) is 0.444. The number of nitrogens with one attached hydrogen (secondary N) is 1. The number of hydrogen-bond donors (Lipinski definition) is 2. The van der Waals surface area contributed by atoms with Crippen LogP contribution in [0.3, 0.4) is 0 Å². The molecule has 3 N–H and O–H groups in total.